The zero-order valence-corrected chi connectivity index (χ0v) is 15.6. The van der Waals surface area contributed by atoms with E-state index in [2.05, 4.69) is 29.8 Å². The van der Waals surface area contributed by atoms with Crippen molar-refractivity contribution in [1.29, 1.82) is 0 Å². The van der Waals surface area contributed by atoms with E-state index in [4.69, 9.17) is 4.74 Å². The van der Waals surface area contributed by atoms with E-state index in [9.17, 15) is 9.59 Å². The van der Waals surface area contributed by atoms with Gasteiger partial charge >= 0.3 is 5.97 Å². The molecule has 25 heavy (non-hydrogen) atoms. The molecule has 0 spiro atoms. The highest BCUT2D eigenvalue weighted by atomic mass is 32.2. The molecule has 2 aromatic rings. The summed E-state index contributed by atoms with van der Waals surface area (Å²) >= 11 is 1.57. The first kappa shape index (κ1) is 17.9. The molecular weight excluding hydrogens is 336 g/mol. The Morgan fingerprint density at radius 3 is 2.92 bits per heavy atom. The number of hydrogen-bond donors (Lipinski definition) is 0. The molecule has 1 saturated heterocycles. The smallest absolute Gasteiger partial charge is 0.325 e. The monoisotopic (exact) mass is 360 g/mol. The molecule has 1 aliphatic rings. The molecule has 0 aliphatic carbocycles. The average Bonchev–Trinajstić information content (AvgIpc) is 3.13. The van der Waals surface area contributed by atoms with Crippen molar-refractivity contribution in [1.82, 2.24) is 9.47 Å². The molecule has 0 bridgehead atoms. The van der Waals surface area contributed by atoms with Crippen LogP contribution in [0.2, 0.25) is 0 Å². The Bertz CT molecular complexity index is 771. The SMILES string of the molecule is CCCCCOC(=O)CN1C(=O)CSC1c1cn(C)c2ccccc12. The maximum atomic E-state index is 12.3. The number of carbonyl (C=O) groups excluding carboxylic acids is 2. The molecule has 1 aliphatic heterocycles. The van der Waals surface area contributed by atoms with Crippen LogP contribution in [-0.4, -0.2) is 40.2 Å². The van der Waals surface area contributed by atoms with Crippen molar-refractivity contribution in [3.05, 3.63) is 36.0 Å². The summed E-state index contributed by atoms with van der Waals surface area (Å²) in [6.07, 6.45) is 5.06. The third kappa shape index (κ3) is 3.84. The summed E-state index contributed by atoms with van der Waals surface area (Å²) in [5.74, 6) is 0.0717. The second-order valence-corrected chi connectivity index (χ2v) is 7.39. The minimum atomic E-state index is -0.322. The Labute approximate surface area is 152 Å². The number of fused-ring (bicyclic) bond motifs is 1. The summed E-state index contributed by atoms with van der Waals surface area (Å²) < 4.78 is 7.35. The van der Waals surface area contributed by atoms with Gasteiger partial charge in [-0.05, 0) is 12.5 Å². The van der Waals surface area contributed by atoms with Gasteiger partial charge in [-0.1, -0.05) is 38.0 Å². The van der Waals surface area contributed by atoms with Crippen LogP contribution in [0.15, 0.2) is 30.5 Å². The number of nitrogens with zero attached hydrogens (tertiary/aromatic N) is 2. The Morgan fingerprint density at radius 1 is 1.32 bits per heavy atom. The second-order valence-electron chi connectivity index (χ2n) is 6.33. The molecule has 134 valence electrons. The van der Waals surface area contributed by atoms with Gasteiger partial charge in [0.05, 0.1) is 12.4 Å². The van der Waals surface area contributed by atoms with Crippen molar-refractivity contribution in [3.63, 3.8) is 0 Å². The van der Waals surface area contributed by atoms with Gasteiger partial charge in [0.15, 0.2) is 0 Å². The van der Waals surface area contributed by atoms with Gasteiger partial charge in [-0.3, -0.25) is 9.59 Å². The number of amides is 1. The largest absolute Gasteiger partial charge is 0.464 e. The van der Waals surface area contributed by atoms with Crippen LogP contribution in [-0.2, 0) is 21.4 Å². The highest BCUT2D eigenvalue weighted by molar-refractivity contribution is 8.00. The van der Waals surface area contributed by atoms with Gasteiger partial charge in [0.25, 0.3) is 0 Å². The molecule has 1 amide bonds. The van der Waals surface area contributed by atoms with Crippen molar-refractivity contribution in [2.24, 2.45) is 7.05 Å². The molecule has 1 fully saturated rings. The van der Waals surface area contributed by atoms with E-state index < -0.39 is 0 Å². The molecule has 1 aromatic carbocycles. The van der Waals surface area contributed by atoms with E-state index in [1.54, 1.807) is 16.7 Å². The molecule has 5 nitrogen and oxygen atoms in total. The average molecular weight is 360 g/mol. The zero-order valence-electron chi connectivity index (χ0n) is 14.7. The number of carbonyl (C=O) groups is 2. The first-order valence-electron chi connectivity index (χ1n) is 8.72. The Kier molecular flexibility index (Phi) is 5.68. The first-order chi connectivity index (χ1) is 12.1. The van der Waals surface area contributed by atoms with E-state index >= 15 is 0 Å². The van der Waals surface area contributed by atoms with E-state index in [1.807, 2.05) is 19.2 Å². The summed E-state index contributed by atoms with van der Waals surface area (Å²) in [5, 5.41) is 0.986. The fourth-order valence-electron chi connectivity index (χ4n) is 3.18. The number of ether oxygens (including phenoxy) is 1. The van der Waals surface area contributed by atoms with Crippen molar-refractivity contribution in [3.8, 4) is 0 Å². The summed E-state index contributed by atoms with van der Waals surface area (Å²) in [6.45, 7) is 2.56. The highest BCUT2D eigenvalue weighted by Gasteiger charge is 2.36. The Hall–Kier alpha value is -1.95. The number of para-hydroxylation sites is 1. The number of hydrogen-bond acceptors (Lipinski definition) is 4. The van der Waals surface area contributed by atoms with Gasteiger partial charge < -0.3 is 14.2 Å². The van der Waals surface area contributed by atoms with E-state index in [0.717, 1.165) is 35.7 Å². The minimum Gasteiger partial charge on any atom is -0.464 e. The predicted octanol–water partition coefficient (Wildman–Crippen LogP) is 3.49. The maximum Gasteiger partial charge on any atom is 0.325 e. The lowest BCUT2D eigenvalue weighted by Crippen LogP contribution is -2.34. The number of unbranched alkanes of at least 4 members (excludes halogenated alkanes) is 2. The first-order valence-corrected chi connectivity index (χ1v) is 9.77. The van der Waals surface area contributed by atoms with Crippen molar-refractivity contribution >= 4 is 34.5 Å². The van der Waals surface area contributed by atoms with E-state index in [-0.39, 0.29) is 23.8 Å². The van der Waals surface area contributed by atoms with Crippen LogP contribution in [0.25, 0.3) is 10.9 Å². The summed E-state index contributed by atoms with van der Waals surface area (Å²) in [5.41, 5.74) is 2.20. The van der Waals surface area contributed by atoms with Gasteiger partial charge in [0.1, 0.15) is 11.9 Å². The zero-order chi connectivity index (χ0) is 17.8. The van der Waals surface area contributed by atoms with Crippen LogP contribution >= 0.6 is 11.8 Å². The molecule has 0 saturated carbocycles. The summed E-state index contributed by atoms with van der Waals surface area (Å²) in [4.78, 5) is 26.1. The minimum absolute atomic E-state index is 0.00607. The Morgan fingerprint density at radius 2 is 2.12 bits per heavy atom. The van der Waals surface area contributed by atoms with E-state index in [0.29, 0.717) is 12.4 Å². The number of rotatable bonds is 7. The molecule has 3 rings (SSSR count). The number of aryl methyl sites for hydroxylation is 1. The Balaban J connectivity index is 1.74. The fraction of sp³-hybridized carbons (Fsp3) is 0.474. The van der Waals surface area contributed by atoms with Crippen LogP contribution in [0.1, 0.15) is 37.1 Å². The molecule has 1 atom stereocenters. The van der Waals surface area contributed by atoms with Crippen LogP contribution in [0.5, 0.6) is 0 Å². The predicted molar refractivity (Wildman–Crippen MR) is 100 cm³/mol. The van der Waals surface area contributed by atoms with Crippen LogP contribution < -0.4 is 0 Å². The third-order valence-corrected chi connectivity index (χ3v) is 5.71. The van der Waals surface area contributed by atoms with E-state index in [1.165, 1.54) is 0 Å². The van der Waals surface area contributed by atoms with Crippen molar-refractivity contribution < 1.29 is 14.3 Å². The van der Waals surface area contributed by atoms with Gasteiger partial charge in [-0.2, -0.15) is 0 Å². The second kappa shape index (κ2) is 7.95. The quantitative estimate of drug-likeness (QED) is 0.560. The van der Waals surface area contributed by atoms with Gasteiger partial charge in [-0.15, -0.1) is 11.8 Å². The lowest BCUT2D eigenvalue weighted by atomic mass is 10.1. The molecule has 1 unspecified atom stereocenters. The van der Waals surface area contributed by atoms with Gasteiger partial charge in [-0.25, -0.2) is 0 Å². The third-order valence-electron chi connectivity index (χ3n) is 4.47. The molecule has 2 heterocycles. The number of thioether (sulfide) groups is 1. The topological polar surface area (TPSA) is 51.5 Å². The lowest BCUT2D eigenvalue weighted by Gasteiger charge is -2.22. The van der Waals surface area contributed by atoms with Gasteiger partial charge in [0.2, 0.25) is 5.91 Å². The van der Waals surface area contributed by atoms with Crippen molar-refractivity contribution in [2.75, 3.05) is 18.9 Å². The van der Waals surface area contributed by atoms with Crippen LogP contribution in [0.3, 0.4) is 0 Å². The summed E-state index contributed by atoms with van der Waals surface area (Å²) in [7, 11) is 2.00. The highest BCUT2D eigenvalue weighted by Crippen LogP contribution is 2.41. The molecule has 0 N–H and O–H groups in total. The van der Waals surface area contributed by atoms with Crippen LogP contribution in [0, 0.1) is 0 Å². The molecule has 6 heteroatoms. The number of esters is 1. The molecule has 1 aromatic heterocycles. The lowest BCUT2D eigenvalue weighted by molar-refractivity contribution is -0.148. The standard InChI is InChI=1S/C19H24N2O3S/c1-3-4-7-10-24-18(23)12-21-17(22)13-25-19(21)15-11-20(2)16-9-6-5-8-14(15)16/h5-6,8-9,11,19H,3-4,7,10,12-13H2,1-2H3. The van der Waals surface area contributed by atoms with Crippen LogP contribution in [0.4, 0.5) is 0 Å². The van der Waals surface area contributed by atoms with Crippen molar-refractivity contribution in [2.45, 2.75) is 31.6 Å². The number of aromatic nitrogens is 1. The number of benzene rings is 1. The molecular formula is C19H24N2O3S. The maximum absolute atomic E-state index is 12.3. The fourth-order valence-corrected chi connectivity index (χ4v) is 4.38. The normalized spacial score (nSPS) is 17.4. The van der Waals surface area contributed by atoms with Gasteiger partial charge in [0, 0.05) is 29.7 Å². The summed E-state index contributed by atoms with van der Waals surface area (Å²) in [6, 6.07) is 8.13. The molecule has 0 radical (unpaired) electrons.